The highest BCUT2D eigenvalue weighted by atomic mass is 127. The first-order chi connectivity index (χ1) is 15.7. The van der Waals surface area contributed by atoms with Crippen molar-refractivity contribution in [3.63, 3.8) is 0 Å². The van der Waals surface area contributed by atoms with Crippen molar-refractivity contribution >= 4 is 26.2 Å². The summed E-state index contributed by atoms with van der Waals surface area (Å²) in [6.07, 6.45) is -8.95. The second-order valence-corrected chi connectivity index (χ2v) is 7.95. The summed E-state index contributed by atoms with van der Waals surface area (Å²) in [7, 11) is 1.12. The minimum Gasteiger partial charge on any atom is -0.497 e. The summed E-state index contributed by atoms with van der Waals surface area (Å²) in [6, 6.07) is 3.69. The van der Waals surface area contributed by atoms with E-state index in [4.69, 9.17) is 0 Å². The Hall–Kier alpha value is -1.70. The molecule has 0 N–H and O–H groups in total. The Kier molecular flexibility index (Phi) is 8.30. The Morgan fingerprint density at radius 2 is 0.917 bits per heavy atom. The Morgan fingerprint density at radius 1 is 0.583 bits per heavy atom. The summed E-state index contributed by atoms with van der Waals surface area (Å²) >= 11 is 0.776. The molecule has 0 fully saturated rings. The van der Waals surface area contributed by atoms with Crippen LogP contribution in [0.15, 0.2) is 30.3 Å². The standard InChI is InChI=1S/C17H8F17IO/c1-36-8-4-2-7(3-5-8)9(35)6-10(18,19)11(20,21)12(22,23)13(24,25)14(26,27)15(28,29)16(30,31)17(32,33)34/h2-6H,1H3/b9-6+. The van der Waals surface area contributed by atoms with Gasteiger partial charge in [-0.25, -0.2) is 0 Å². The molecule has 0 radical (unpaired) electrons. The average Bonchev–Trinajstić information content (AvgIpc) is 2.71. The maximum absolute atomic E-state index is 14.0. The molecule has 0 bridgehead atoms. The SMILES string of the molecule is COc1ccc(/C(I)=C\C(F)(F)C(F)(F)C(F)(F)C(F)(F)C(F)(F)C(F)(F)C(F)(F)C(F)(F)F)cc1. The van der Waals surface area contributed by atoms with Crippen molar-refractivity contribution in [1.29, 1.82) is 0 Å². The number of halogens is 18. The largest absolute Gasteiger partial charge is 0.497 e. The lowest BCUT2D eigenvalue weighted by molar-refractivity contribution is -0.459. The van der Waals surface area contributed by atoms with E-state index in [2.05, 4.69) is 4.74 Å². The van der Waals surface area contributed by atoms with Gasteiger partial charge in [-0.1, -0.05) is 12.1 Å². The van der Waals surface area contributed by atoms with Gasteiger partial charge in [0.2, 0.25) is 0 Å². The van der Waals surface area contributed by atoms with Gasteiger partial charge in [-0.2, -0.15) is 74.6 Å². The third-order valence-electron chi connectivity index (χ3n) is 4.42. The zero-order valence-electron chi connectivity index (χ0n) is 16.6. The molecule has 0 amide bonds. The third-order valence-corrected chi connectivity index (χ3v) is 5.35. The van der Waals surface area contributed by atoms with E-state index >= 15 is 0 Å². The van der Waals surface area contributed by atoms with Gasteiger partial charge in [0.1, 0.15) is 5.75 Å². The maximum atomic E-state index is 14.0. The summed E-state index contributed by atoms with van der Waals surface area (Å²) in [5.41, 5.74) is -0.497. The number of alkyl halides is 17. The molecule has 0 saturated carbocycles. The van der Waals surface area contributed by atoms with Gasteiger partial charge in [-0.3, -0.25) is 0 Å². The highest BCUT2D eigenvalue weighted by Crippen LogP contribution is 2.64. The highest BCUT2D eigenvalue weighted by Gasteiger charge is 2.95. The lowest BCUT2D eigenvalue weighted by atomic mass is 9.89. The van der Waals surface area contributed by atoms with E-state index in [0.29, 0.717) is 0 Å². The molecule has 0 saturated heterocycles. The van der Waals surface area contributed by atoms with Crippen LogP contribution in [0.5, 0.6) is 5.75 Å². The second-order valence-electron chi connectivity index (χ2n) is 6.79. The number of rotatable bonds is 9. The lowest BCUT2D eigenvalue weighted by Crippen LogP contribution is -2.74. The number of methoxy groups -OCH3 is 1. The molecule has 1 aromatic rings. The molecular weight excluding hydrogens is 670 g/mol. The number of ether oxygens (including phenoxy) is 1. The van der Waals surface area contributed by atoms with Crippen LogP contribution >= 0.6 is 22.6 Å². The van der Waals surface area contributed by atoms with Crippen molar-refractivity contribution in [3.05, 3.63) is 35.9 Å². The molecule has 0 atom stereocenters. The van der Waals surface area contributed by atoms with Gasteiger partial charge in [-0.15, -0.1) is 0 Å². The van der Waals surface area contributed by atoms with Gasteiger partial charge >= 0.3 is 47.6 Å². The van der Waals surface area contributed by atoms with Gasteiger partial charge in [0, 0.05) is 9.66 Å². The zero-order valence-corrected chi connectivity index (χ0v) is 18.8. The molecule has 0 unspecified atom stereocenters. The number of allylic oxidation sites excluding steroid dienone is 1. The number of hydrogen-bond donors (Lipinski definition) is 0. The Morgan fingerprint density at radius 3 is 1.25 bits per heavy atom. The van der Waals surface area contributed by atoms with E-state index in [1.54, 1.807) is 0 Å². The Balaban J connectivity index is 3.63. The van der Waals surface area contributed by atoms with Crippen LogP contribution in [-0.4, -0.2) is 54.7 Å². The van der Waals surface area contributed by atoms with Gasteiger partial charge in [0.05, 0.1) is 7.11 Å². The zero-order chi connectivity index (χ0) is 29.0. The maximum Gasteiger partial charge on any atom is 0.460 e. The van der Waals surface area contributed by atoms with Crippen LogP contribution in [0.1, 0.15) is 5.56 Å². The minimum absolute atomic E-state index is 0.0463. The lowest BCUT2D eigenvalue weighted by Gasteiger charge is -2.42. The first kappa shape index (κ1) is 32.3. The molecular formula is C17H8F17IO. The summed E-state index contributed by atoms with van der Waals surface area (Å²) < 4.78 is 229. The van der Waals surface area contributed by atoms with Crippen molar-refractivity contribution in [2.45, 2.75) is 47.6 Å². The second kappa shape index (κ2) is 9.25. The molecule has 1 nitrogen and oxygen atoms in total. The molecule has 36 heavy (non-hydrogen) atoms. The van der Waals surface area contributed by atoms with E-state index in [1.807, 2.05) is 0 Å². The molecule has 0 aromatic heterocycles. The summed E-state index contributed by atoms with van der Waals surface area (Å²) in [5, 5.41) is 0. The number of hydrogen-bond acceptors (Lipinski definition) is 1. The molecule has 0 aliphatic carbocycles. The molecule has 1 aromatic carbocycles. The normalized spacial score (nSPS) is 15.8. The van der Waals surface area contributed by atoms with Crippen LogP contribution < -0.4 is 4.74 Å². The van der Waals surface area contributed by atoms with Gasteiger partial charge in [0.15, 0.2) is 0 Å². The first-order valence-electron chi connectivity index (χ1n) is 8.41. The van der Waals surface area contributed by atoms with Gasteiger partial charge in [0.25, 0.3) is 0 Å². The smallest absolute Gasteiger partial charge is 0.460 e. The Labute approximate surface area is 202 Å². The molecule has 208 valence electrons. The molecule has 0 aliphatic heterocycles. The summed E-state index contributed by atoms with van der Waals surface area (Å²) in [6.45, 7) is 0. The average molecular weight is 678 g/mol. The number of benzene rings is 1. The summed E-state index contributed by atoms with van der Waals surface area (Å²) in [4.78, 5) is 0. The quantitative estimate of drug-likeness (QED) is 0.188. The fourth-order valence-corrected chi connectivity index (χ4v) is 3.01. The van der Waals surface area contributed by atoms with Crippen molar-refractivity contribution < 1.29 is 79.4 Å². The van der Waals surface area contributed by atoms with E-state index in [-0.39, 0.29) is 5.75 Å². The summed E-state index contributed by atoms with van der Waals surface area (Å²) in [5.74, 6) is -56.6. The van der Waals surface area contributed by atoms with E-state index < -0.39 is 62.9 Å². The van der Waals surface area contributed by atoms with Gasteiger partial charge in [-0.05, 0) is 40.3 Å². The predicted octanol–water partition coefficient (Wildman–Crippen LogP) is 8.48. The highest BCUT2D eigenvalue weighted by molar-refractivity contribution is 14.1. The van der Waals surface area contributed by atoms with Crippen molar-refractivity contribution in [2.24, 2.45) is 0 Å². The van der Waals surface area contributed by atoms with E-state index in [9.17, 15) is 74.6 Å². The van der Waals surface area contributed by atoms with Crippen LogP contribution in [-0.2, 0) is 0 Å². The topological polar surface area (TPSA) is 9.23 Å². The first-order valence-corrected chi connectivity index (χ1v) is 9.49. The molecule has 1 rings (SSSR count). The van der Waals surface area contributed by atoms with Crippen LogP contribution in [0.2, 0.25) is 0 Å². The molecule has 19 heteroatoms. The van der Waals surface area contributed by atoms with Crippen LogP contribution in [0.3, 0.4) is 0 Å². The van der Waals surface area contributed by atoms with Gasteiger partial charge < -0.3 is 4.74 Å². The minimum atomic E-state index is -8.64. The Bertz CT molecular complexity index is 962. The van der Waals surface area contributed by atoms with Crippen LogP contribution in [0.25, 0.3) is 3.58 Å². The fourth-order valence-electron chi connectivity index (χ4n) is 2.26. The van der Waals surface area contributed by atoms with Crippen LogP contribution in [0.4, 0.5) is 74.6 Å². The van der Waals surface area contributed by atoms with E-state index in [0.717, 1.165) is 54.0 Å². The van der Waals surface area contributed by atoms with Crippen LogP contribution in [0, 0.1) is 0 Å². The molecule has 0 aliphatic rings. The third kappa shape index (κ3) is 4.67. The molecule has 0 spiro atoms. The predicted molar refractivity (Wildman–Crippen MR) is 95.7 cm³/mol. The van der Waals surface area contributed by atoms with Crippen molar-refractivity contribution in [1.82, 2.24) is 0 Å². The fraction of sp³-hybridized carbons (Fsp3) is 0.529. The van der Waals surface area contributed by atoms with Crippen molar-refractivity contribution in [2.75, 3.05) is 7.11 Å². The van der Waals surface area contributed by atoms with E-state index in [1.165, 1.54) is 0 Å². The molecule has 0 heterocycles. The monoisotopic (exact) mass is 678 g/mol. The van der Waals surface area contributed by atoms with Crippen molar-refractivity contribution in [3.8, 4) is 5.75 Å².